The first-order chi connectivity index (χ1) is 14.3. The van der Waals surface area contributed by atoms with E-state index in [1.54, 1.807) is 29.2 Å². The Morgan fingerprint density at radius 3 is 2.50 bits per heavy atom. The minimum atomic E-state index is -0.448. The molecular weight excluding hydrogens is 450 g/mol. The van der Waals surface area contributed by atoms with Crippen LogP contribution in [-0.4, -0.2) is 26.8 Å². The highest BCUT2D eigenvalue weighted by molar-refractivity contribution is 9.10. The number of amides is 1. The molecule has 3 rings (SSSR count). The largest absolute Gasteiger partial charge is 0.293 e. The average molecular weight is 470 g/mol. The van der Waals surface area contributed by atoms with Gasteiger partial charge in [0.2, 0.25) is 0 Å². The van der Waals surface area contributed by atoms with Crippen LogP contribution in [0.3, 0.4) is 0 Å². The van der Waals surface area contributed by atoms with Crippen molar-refractivity contribution >= 4 is 33.7 Å². The summed E-state index contributed by atoms with van der Waals surface area (Å²) >= 11 is 3.33. The van der Waals surface area contributed by atoms with Crippen LogP contribution in [0.4, 0.5) is 5.69 Å². The van der Waals surface area contributed by atoms with Gasteiger partial charge in [0.05, 0.1) is 22.2 Å². The number of carbonyl (C=O) groups is 1. The predicted octanol–water partition coefficient (Wildman–Crippen LogP) is 4.49. The maximum Gasteiger partial charge on any atom is 0.293 e. The molecule has 9 heteroatoms. The van der Waals surface area contributed by atoms with Crippen LogP contribution in [-0.2, 0) is 6.54 Å². The molecule has 2 aromatic carbocycles. The zero-order valence-electron chi connectivity index (χ0n) is 16.4. The van der Waals surface area contributed by atoms with E-state index in [0.717, 1.165) is 11.1 Å². The number of hydrogen-bond donors (Lipinski definition) is 1. The van der Waals surface area contributed by atoms with Crippen molar-refractivity contribution in [1.29, 1.82) is 0 Å². The number of nitro benzene ring substituents is 1. The Bertz CT molecular complexity index is 1070. The third-order valence-corrected chi connectivity index (χ3v) is 4.99. The van der Waals surface area contributed by atoms with E-state index in [9.17, 15) is 14.9 Å². The maximum atomic E-state index is 12.4. The Hall–Kier alpha value is -3.33. The molecule has 0 unspecified atom stereocenters. The lowest BCUT2D eigenvalue weighted by molar-refractivity contribution is -0.384. The molecule has 0 aliphatic rings. The second kappa shape index (κ2) is 9.45. The summed E-state index contributed by atoms with van der Waals surface area (Å²) in [6, 6.07) is 14.1. The molecule has 0 atom stereocenters. The lowest BCUT2D eigenvalue weighted by atomic mass is 10.0. The highest BCUT2D eigenvalue weighted by atomic mass is 79.9. The third kappa shape index (κ3) is 5.38. The van der Waals surface area contributed by atoms with Gasteiger partial charge >= 0.3 is 0 Å². The maximum absolute atomic E-state index is 12.4. The van der Waals surface area contributed by atoms with E-state index in [4.69, 9.17) is 0 Å². The van der Waals surface area contributed by atoms with Crippen molar-refractivity contribution in [2.45, 2.75) is 26.3 Å². The molecule has 1 heterocycles. The average Bonchev–Trinajstić information content (AvgIpc) is 3.08. The minimum absolute atomic E-state index is 0.0252. The minimum Gasteiger partial charge on any atom is -0.266 e. The fourth-order valence-corrected chi connectivity index (χ4v) is 3.22. The number of hydrazone groups is 1. The lowest BCUT2D eigenvalue weighted by Gasteiger charge is -2.04. The van der Waals surface area contributed by atoms with Crippen molar-refractivity contribution < 1.29 is 9.72 Å². The molecule has 1 N–H and O–H groups in total. The van der Waals surface area contributed by atoms with E-state index >= 15 is 0 Å². The Balaban J connectivity index is 1.62. The number of nitro groups is 1. The molecule has 1 amide bonds. The van der Waals surface area contributed by atoms with Gasteiger partial charge in [0.1, 0.15) is 0 Å². The first-order valence-electron chi connectivity index (χ1n) is 9.23. The number of non-ortho nitro benzene ring substituents is 1. The van der Waals surface area contributed by atoms with E-state index in [1.807, 2.05) is 24.3 Å². The van der Waals surface area contributed by atoms with E-state index in [0.29, 0.717) is 16.9 Å². The van der Waals surface area contributed by atoms with Crippen LogP contribution >= 0.6 is 15.9 Å². The summed E-state index contributed by atoms with van der Waals surface area (Å²) in [5.41, 5.74) is 5.63. The number of benzene rings is 2. The summed E-state index contributed by atoms with van der Waals surface area (Å²) in [6.45, 7) is 4.62. The van der Waals surface area contributed by atoms with Crippen LogP contribution in [0.5, 0.6) is 0 Å². The number of nitrogens with one attached hydrogen (secondary N) is 1. The van der Waals surface area contributed by atoms with Gasteiger partial charge in [0, 0.05) is 18.3 Å². The molecule has 3 aromatic rings. The standard InChI is InChI=1S/C21H20BrN5O3/c1-14(2)17-7-3-15(4-8-17)11-23-24-21(28)20-19(22)13-26(25-20)12-16-5-9-18(10-6-16)27(29)30/h3-11,13-14H,12H2,1-2H3,(H,24,28)/b23-11+. The van der Waals surface area contributed by atoms with E-state index in [1.165, 1.54) is 17.7 Å². The topological polar surface area (TPSA) is 102 Å². The molecule has 0 saturated heterocycles. The molecule has 0 radical (unpaired) electrons. The van der Waals surface area contributed by atoms with Crippen molar-refractivity contribution in [1.82, 2.24) is 15.2 Å². The molecule has 30 heavy (non-hydrogen) atoms. The molecule has 154 valence electrons. The van der Waals surface area contributed by atoms with Crippen LogP contribution in [0.2, 0.25) is 0 Å². The molecule has 0 saturated carbocycles. The second-order valence-corrected chi connectivity index (χ2v) is 7.82. The highest BCUT2D eigenvalue weighted by Gasteiger charge is 2.15. The van der Waals surface area contributed by atoms with Crippen LogP contribution in [0, 0.1) is 10.1 Å². The smallest absolute Gasteiger partial charge is 0.266 e. The normalized spacial score (nSPS) is 11.2. The lowest BCUT2D eigenvalue weighted by Crippen LogP contribution is -2.19. The SMILES string of the molecule is CC(C)c1ccc(/C=N/NC(=O)c2nn(Cc3ccc([N+](=O)[O-])cc3)cc2Br)cc1. The van der Waals surface area contributed by atoms with Gasteiger partial charge in [-0.1, -0.05) is 50.2 Å². The Kier molecular flexibility index (Phi) is 6.73. The zero-order valence-corrected chi connectivity index (χ0v) is 18.0. The van der Waals surface area contributed by atoms with Gasteiger partial charge in [-0.15, -0.1) is 0 Å². The number of hydrogen-bond acceptors (Lipinski definition) is 5. The monoisotopic (exact) mass is 469 g/mol. The van der Waals surface area contributed by atoms with Gasteiger partial charge in [-0.2, -0.15) is 10.2 Å². The number of halogens is 1. The van der Waals surface area contributed by atoms with Crippen molar-refractivity contribution in [3.05, 3.63) is 91.7 Å². The van der Waals surface area contributed by atoms with Crippen molar-refractivity contribution in [2.75, 3.05) is 0 Å². The van der Waals surface area contributed by atoms with Crippen molar-refractivity contribution in [3.63, 3.8) is 0 Å². The van der Waals surface area contributed by atoms with Gasteiger partial charge in [-0.25, -0.2) is 5.43 Å². The molecule has 8 nitrogen and oxygen atoms in total. The number of carbonyl (C=O) groups excluding carboxylic acids is 1. The van der Waals surface area contributed by atoms with Crippen LogP contribution in [0.1, 0.15) is 46.9 Å². The Morgan fingerprint density at radius 2 is 1.90 bits per heavy atom. The van der Waals surface area contributed by atoms with Crippen molar-refractivity contribution in [2.24, 2.45) is 5.10 Å². The van der Waals surface area contributed by atoms with Gasteiger partial charge in [-0.05, 0) is 38.5 Å². The Morgan fingerprint density at radius 1 is 1.23 bits per heavy atom. The quantitative estimate of drug-likeness (QED) is 0.312. The van der Waals surface area contributed by atoms with E-state index in [-0.39, 0.29) is 11.4 Å². The molecule has 0 fully saturated rings. The van der Waals surface area contributed by atoms with Crippen LogP contribution in [0.15, 0.2) is 64.3 Å². The van der Waals surface area contributed by atoms with Gasteiger partial charge in [-0.3, -0.25) is 19.6 Å². The van der Waals surface area contributed by atoms with Gasteiger partial charge in [0.15, 0.2) is 5.69 Å². The number of rotatable bonds is 7. The summed E-state index contributed by atoms with van der Waals surface area (Å²) in [4.78, 5) is 22.7. The molecule has 0 spiro atoms. The molecule has 0 aliphatic carbocycles. The number of aromatic nitrogens is 2. The van der Waals surface area contributed by atoms with Gasteiger partial charge in [0.25, 0.3) is 11.6 Å². The van der Waals surface area contributed by atoms with E-state index in [2.05, 4.69) is 45.4 Å². The van der Waals surface area contributed by atoms with Crippen molar-refractivity contribution in [3.8, 4) is 0 Å². The molecule has 0 bridgehead atoms. The molecule has 1 aromatic heterocycles. The Labute approximate surface area is 181 Å². The number of nitrogens with zero attached hydrogens (tertiary/aromatic N) is 4. The third-order valence-electron chi connectivity index (χ3n) is 4.41. The zero-order chi connectivity index (χ0) is 21.7. The second-order valence-electron chi connectivity index (χ2n) is 6.97. The van der Waals surface area contributed by atoms with Crippen LogP contribution < -0.4 is 5.43 Å². The summed E-state index contributed by atoms with van der Waals surface area (Å²) in [6.07, 6.45) is 3.24. The highest BCUT2D eigenvalue weighted by Crippen LogP contribution is 2.18. The first kappa shape index (κ1) is 21.4. The van der Waals surface area contributed by atoms with Gasteiger partial charge < -0.3 is 0 Å². The summed E-state index contributed by atoms with van der Waals surface area (Å²) in [5, 5.41) is 19.0. The summed E-state index contributed by atoms with van der Waals surface area (Å²) < 4.78 is 2.10. The molecular formula is C21H20BrN5O3. The summed E-state index contributed by atoms with van der Waals surface area (Å²) in [5.74, 6) is 0.00790. The van der Waals surface area contributed by atoms with E-state index < -0.39 is 10.8 Å². The fourth-order valence-electron chi connectivity index (χ4n) is 2.73. The predicted molar refractivity (Wildman–Crippen MR) is 118 cm³/mol. The fraction of sp³-hybridized carbons (Fsp3) is 0.190. The molecule has 0 aliphatic heterocycles. The van der Waals surface area contributed by atoms with Crippen LogP contribution in [0.25, 0.3) is 0 Å². The summed E-state index contributed by atoms with van der Waals surface area (Å²) in [7, 11) is 0. The first-order valence-corrected chi connectivity index (χ1v) is 10.0.